The Labute approximate surface area is 313 Å². The molecule has 0 aliphatic carbocycles. The number of benzene rings is 8. The Kier molecular flexibility index (Phi) is 9.48. The van der Waals surface area contributed by atoms with Gasteiger partial charge in [0, 0.05) is 34.1 Å². The SMILES string of the molecule is O=C(C#Cc1ccc(-c2ccccc2)cc1)Oc1ccc2ccccc2c1-c1c(OC(=O)C#Cc2ccc(-c3ccccc3)cc2)ccc2ccccc12. The molecule has 8 aromatic rings. The number of hydrogen-bond donors (Lipinski definition) is 0. The van der Waals surface area contributed by atoms with Crippen LogP contribution in [0.2, 0.25) is 0 Å². The highest BCUT2D eigenvalue weighted by Crippen LogP contribution is 2.45. The lowest BCUT2D eigenvalue weighted by molar-refractivity contribution is -0.129. The van der Waals surface area contributed by atoms with E-state index in [1.165, 1.54) is 0 Å². The van der Waals surface area contributed by atoms with Crippen molar-refractivity contribution in [2.24, 2.45) is 0 Å². The molecule has 0 aliphatic heterocycles. The number of ether oxygens (including phenoxy) is 2. The van der Waals surface area contributed by atoms with E-state index in [1.54, 1.807) is 12.1 Å². The maximum absolute atomic E-state index is 13.3. The fourth-order valence-corrected chi connectivity index (χ4v) is 6.44. The third-order valence-corrected chi connectivity index (χ3v) is 9.04. The maximum atomic E-state index is 13.3. The van der Waals surface area contributed by atoms with Crippen LogP contribution < -0.4 is 9.47 Å². The van der Waals surface area contributed by atoms with E-state index in [2.05, 4.69) is 23.7 Å². The molecule has 0 atom stereocenters. The highest BCUT2D eigenvalue weighted by atomic mass is 16.5. The summed E-state index contributed by atoms with van der Waals surface area (Å²) in [5.41, 5.74) is 6.86. The molecule has 4 nitrogen and oxygen atoms in total. The summed E-state index contributed by atoms with van der Waals surface area (Å²) < 4.78 is 12.0. The Morgan fingerprint density at radius 2 is 0.704 bits per heavy atom. The monoisotopic (exact) mass is 694 g/mol. The van der Waals surface area contributed by atoms with Crippen molar-refractivity contribution in [2.45, 2.75) is 0 Å². The van der Waals surface area contributed by atoms with Gasteiger partial charge in [-0.2, -0.15) is 0 Å². The molecule has 54 heavy (non-hydrogen) atoms. The predicted molar refractivity (Wildman–Crippen MR) is 216 cm³/mol. The average Bonchev–Trinajstić information content (AvgIpc) is 3.23. The van der Waals surface area contributed by atoms with Crippen molar-refractivity contribution < 1.29 is 19.1 Å². The summed E-state index contributed by atoms with van der Waals surface area (Å²) >= 11 is 0. The minimum Gasteiger partial charge on any atom is -0.416 e. The van der Waals surface area contributed by atoms with E-state index in [4.69, 9.17) is 9.47 Å². The molecule has 254 valence electrons. The second-order valence-corrected chi connectivity index (χ2v) is 12.5. The smallest absolute Gasteiger partial charge is 0.390 e. The van der Waals surface area contributed by atoms with E-state index < -0.39 is 11.9 Å². The molecule has 0 unspecified atom stereocenters. The molecular weight excluding hydrogens is 665 g/mol. The number of carbonyl (C=O) groups excluding carboxylic acids is 2. The molecule has 0 amide bonds. The first kappa shape index (κ1) is 33.5. The quantitative estimate of drug-likeness (QED) is 0.102. The lowest BCUT2D eigenvalue weighted by atomic mass is 9.92. The Hall–Kier alpha value is -7.66. The molecule has 0 aliphatic rings. The van der Waals surface area contributed by atoms with Crippen LogP contribution in [-0.2, 0) is 9.59 Å². The highest BCUT2D eigenvalue weighted by Gasteiger charge is 2.21. The van der Waals surface area contributed by atoms with E-state index >= 15 is 0 Å². The van der Waals surface area contributed by atoms with Crippen LogP contribution in [0, 0.1) is 23.7 Å². The van der Waals surface area contributed by atoms with Gasteiger partial charge >= 0.3 is 11.9 Å². The van der Waals surface area contributed by atoms with Crippen molar-refractivity contribution >= 4 is 33.5 Å². The molecular formula is C50H30O4. The highest BCUT2D eigenvalue weighted by molar-refractivity contribution is 6.11. The molecule has 8 rings (SSSR count). The second-order valence-electron chi connectivity index (χ2n) is 12.5. The van der Waals surface area contributed by atoms with E-state index in [1.807, 2.05) is 170 Å². The van der Waals surface area contributed by atoms with Gasteiger partial charge in [0.15, 0.2) is 0 Å². The first-order valence-electron chi connectivity index (χ1n) is 17.4. The Balaban J connectivity index is 1.12. The van der Waals surface area contributed by atoms with Crippen molar-refractivity contribution in [1.82, 2.24) is 0 Å². The zero-order valence-electron chi connectivity index (χ0n) is 29.0. The molecule has 8 aromatic carbocycles. The van der Waals surface area contributed by atoms with Crippen molar-refractivity contribution in [2.75, 3.05) is 0 Å². The molecule has 0 saturated carbocycles. The van der Waals surface area contributed by atoms with E-state index in [0.29, 0.717) is 22.3 Å². The predicted octanol–water partition coefficient (Wildman–Crippen LogP) is 10.9. The summed E-state index contributed by atoms with van der Waals surface area (Å²) in [5.74, 6) is 10.3. The lowest BCUT2D eigenvalue weighted by Gasteiger charge is -2.17. The summed E-state index contributed by atoms with van der Waals surface area (Å²) in [6.07, 6.45) is 0. The lowest BCUT2D eigenvalue weighted by Crippen LogP contribution is -2.08. The van der Waals surface area contributed by atoms with Gasteiger partial charge in [-0.3, -0.25) is 0 Å². The fourth-order valence-electron chi connectivity index (χ4n) is 6.44. The molecule has 4 heteroatoms. The molecule has 0 fully saturated rings. The van der Waals surface area contributed by atoms with Gasteiger partial charge in [-0.25, -0.2) is 9.59 Å². The number of carbonyl (C=O) groups is 2. The third-order valence-electron chi connectivity index (χ3n) is 9.04. The van der Waals surface area contributed by atoms with Crippen LogP contribution >= 0.6 is 0 Å². The molecule has 0 N–H and O–H groups in total. The third kappa shape index (κ3) is 7.37. The molecule has 0 saturated heterocycles. The number of rotatable bonds is 5. The Morgan fingerprint density at radius 3 is 1.11 bits per heavy atom. The van der Waals surface area contributed by atoms with Gasteiger partial charge in [0.2, 0.25) is 0 Å². The van der Waals surface area contributed by atoms with Crippen LogP contribution in [0.25, 0.3) is 54.9 Å². The van der Waals surface area contributed by atoms with E-state index in [0.717, 1.165) is 43.8 Å². The van der Waals surface area contributed by atoms with Gasteiger partial charge in [0.1, 0.15) is 11.5 Å². The minimum absolute atomic E-state index is 0.283. The van der Waals surface area contributed by atoms with Crippen LogP contribution in [-0.4, -0.2) is 11.9 Å². The van der Waals surface area contributed by atoms with Crippen LogP contribution in [0.15, 0.2) is 182 Å². The summed E-state index contributed by atoms with van der Waals surface area (Å²) in [6, 6.07) is 58.4. The summed E-state index contributed by atoms with van der Waals surface area (Å²) in [5, 5.41) is 3.46. The van der Waals surface area contributed by atoms with Gasteiger partial charge < -0.3 is 9.47 Å². The molecule has 0 radical (unpaired) electrons. The van der Waals surface area contributed by atoms with Crippen molar-refractivity contribution in [1.29, 1.82) is 0 Å². The summed E-state index contributed by atoms with van der Waals surface area (Å²) in [6.45, 7) is 0. The van der Waals surface area contributed by atoms with Gasteiger partial charge in [0.05, 0.1) is 0 Å². The summed E-state index contributed by atoms with van der Waals surface area (Å²) in [4.78, 5) is 26.7. The Morgan fingerprint density at radius 1 is 0.352 bits per heavy atom. The Bertz CT molecular complexity index is 2580. The fraction of sp³-hybridized carbons (Fsp3) is 0. The van der Waals surface area contributed by atoms with E-state index in [9.17, 15) is 9.59 Å². The zero-order chi connectivity index (χ0) is 36.7. The molecule has 0 bridgehead atoms. The number of hydrogen-bond acceptors (Lipinski definition) is 4. The first-order valence-corrected chi connectivity index (χ1v) is 17.4. The minimum atomic E-state index is -0.721. The van der Waals surface area contributed by atoms with Gasteiger partial charge in [-0.15, -0.1) is 0 Å². The number of esters is 2. The van der Waals surface area contributed by atoms with Crippen LogP contribution in [0.3, 0.4) is 0 Å². The van der Waals surface area contributed by atoms with Gasteiger partial charge in [-0.05, 0) is 80.2 Å². The average molecular weight is 695 g/mol. The maximum Gasteiger partial charge on any atom is 0.390 e. The van der Waals surface area contributed by atoms with Crippen LogP contribution in [0.5, 0.6) is 11.5 Å². The van der Waals surface area contributed by atoms with Crippen LogP contribution in [0.1, 0.15) is 11.1 Å². The van der Waals surface area contributed by atoms with Crippen molar-refractivity contribution in [3.05, 3.63) is 193 Å². The largest absolute Gasteiger partial charge is 0.416 e. The van der Waals surface area contributed by atoms with Gasteiger partial charge in [-0.1, -0.05) is 157 Å². The number of fused-ring (bicyclic) bond motifs is 2. The first-order chi connectivity index (χ1) is 26.6. The molecule has 0 spiro atoms. The van der Waals surface area contributed by atoms with E-state index in [-0.39, 0.29) is 11.5 Å². The standard InChI is InChI=1S/C50H30O4/c51-47(33-23-35-19-25-39(26-20-35)37-11-3-1-4-12-37)53-45-31-29-41-15-7-9-17-43(41)49(45)50-44-18-10-8-16-42(44)30-32-46(50)54-48(52)34-24-36-21-27-40(28-22-36)38-13-5-2-6-14-38/h1-22,25-32H. The molecule has 0 aromatic heterocycles. The zero-order valence-corrected chi connectivity index (χ0v) is 29.0. The van der Waals surface area contributed by atoms with Crippen LogP contribution in [0.4, 0.5) is 0 Å². The molecule has 0 heterocycles. The van der Waals surface area contributed by atoms with Crippen molar-refractivity contribution in [3.63, 3.8) is 0 Å². The topological polar surface area (TPSA) is 52.6 Å². The normalized spacial score (nSPS) is 10.4. The second kappa shape index (κ2) is 15.3. The van der Waals surface area contributed by atoms with Gasteiger partial charge in [0.25, 0.3) is 0 Å². The van der Waals surface area contributed by atoms with Crippen molar-refractivity contribution in [3.8, 4) is 68.6 Å². The summed E-state index contributed by atoms with van der Waals surface area (Å²) in [7, 11) is 0.